The van der Waals surface area contributed by atoms with E-state index in [1.165, 1.54) is 0 Å². The number of nitrogens with two attached hydrogens (primary N) is 1. The van der Waals surface area contributed by atoms with Gasteiger partial charge >= 0.3 is 0 Å². The van der Waals surface area contributed by atoms with Crippen LogP contribution in [-0.4, -0.2) is 46.8 Å². The summed E-state index contributed by atoms with van der Waals surface area (Å²) < 4.78 is 0. The van der Waals surface area contributed by atoms with Crippen molar-refractivity contribution < 1.29 is 14.4 Å². The Hall–Kier alpha value is -2.41. The van der Waals surface area contributed by atoms with E-state index in [0.29, 0.717) is 25.8 Å². The molecule has 0 spiro atoms. The lowest BCUT2D eigenvalue weighted by Gasteiger charge is -2.38. The number of rotatable bonds is 6. The molecular weight excluding hydrogens is 344 g/mol. The fourth-order valence-corrected chi connectivity index (χ4v) is 3.92. The van der Waals surface area contributed by atoms with Crippen LogP contribution in [0, 0.1) is 0 Å². The number of carbonyl (C=O) groups excluding carboxylic acids is 3. The first-order valence-electron chi connectivity index (χ1n) is 9.71. The number of fused-ring (bicyclic) bond motifs is 1. The Morgan fingerprint density at radius 2 is 1.89 bits per heavy atom. The molecule has 0 radical (unpaired) electrons. The number of nitrogens with zero attached hydrogens (tertiary/aromatic N) is 1. The van der Waals surface area contributed by atoms with Crippen LogP contribution in [0.3, 0.4) is 0 Å². The lowest BCUT2D eigenvalue weighted by atomic mass is 9.97. The molecule has 146 valence electrons. The van der Waals surface area contributed by atoms with Gasteiger partial charge in [0, 0.05) is 12.6 Å². The number of piperidine rings is 1. The molecule has 2 heterocycles. The Kier molecular flexibility index (Phi) is 6.11. The summed E-state index contributed by atoms with van der Waals surface area (Å²) in [6.45, 7) is 2.27. The van der Waals surface area contributed by atoms with E-state index in [9.17, 15) is 14.4 Å². The minimum atomic E-state index is -0.612. The lowest BCUT2D eigenvalue weighted by molar-refractivity contribution is -0.146. The average Bonchev–Trinajstić information content (AvgIpc) is 3.13. The molecule has 0 aromatic heterocycles. The predicted octanol–water partition coefficient (Wildman–Crippen LogP) is 0.678. The van der Waals surface area contributed by atoms with E-state index in [1.54, 1.807) is 4.90 Å². The molecule has 7 nitrogen and oxygen atoms in total. The second-order valence-electron chi connectivity index (χ2n) is 7.35. The van der Waals surface area contributed by atoms with Gasteiger partial charge in [0.15, 0.2) is 0 Å². The molecule has 1 aromatic carbocycles. The zero-order chi connectivity index (χ0) is 19.4. The zero-order valence-electron chi connectivity index (χ0n) is 15.7. The van der Waals surface area contributed by atoms with E-state index >= 15 is 0 Å². The van der Waals surface area contributed by atoms with Gasteiger partial charge in [-0.15, -0.1) is 0 Å². The topological polar surface area (TPSA) is 105 Å². The van der Waals surface area contributed by atoms with Gasteiger partial charge in [0.2, 0.25) is 17.7 Å². The number of amides is 3. The van der Waals surface area contributed by atoms with Crippen molar-refractivity contribution in [1.82, 2.24) is 15.5 Å². The Morgan fingerprint density at radius 3 is 2.59 bits per heavy atom. The molecule has 2 aliphatic heterocycles. The largest absolute Gasteiger partial charge is 0.350 e. The molecule has 27 heavy (non-hydrogen) atoms. The first kappa shape index (κ1) is 19.4. The molecule has 4 atom stereocenters. The summed E-state index contributed by atoms with van der Waals surface area (Å²) >= 11 is 0. The maximum absolute atomic E-state index is 12.9. The van der Waals surface area contributed by atoms with Crippen LogP contribution in [0.4, 0.5) is 0 Å². The van der Waals surface area contributed by atoms with Gasteiger partial charge in [0.1, 0.15) is 12.1 Å². The number of hydrogen-bond donors (Lipinski definition) is 3. The molecule has 0 bridgehead atoms. The highest BCUT2D eigenvalue weighted by Gasteiger charge is 2.46. The van der Waals surface area contributed by atoms with E-state index < -0.39 is 18.1 Å². The van der Waals surface area contributed by atoms with Gasteiger partial charge in [-0.3, -0.25) is 14.4 Å². The molecular formula is C20H28N4O3. The van der Waals surface area contributed by atoms with Crippen LogP contribution < -0.4 is 16.4 Å². The minimum Gasteiger partial charge on any atom is -0.350 e. The number of nitrogens with one attached hydrogen (secondary N) is 2. The summed E-state index contributed by atoms with van der Waals surface area (Å²) in [4.78, 5) is 39.4. The van der Waals surface area contributed by atoms with Crippen molar-refractivity contribution >= 4 is 17.7 Å². The van der Waals surface area contributed by atoms with Crippen LogP contribution in [0.2, 0.25) is 0 Å². The molecule has 2 saturated heterocycles. The van der Waals surface area contributed by atoms with Gasteiger partial charge in [0.05, 0.1) is 6.04 Å². The third-order valence-electron chi connectivity index (χ3n) is 5.55. The highest BCUT2D eigenvalue weighted by molar-refractivity contribution is 5.94. The SMILES string of the molecule is CC[C@H](N)C(=O)N[C@@H]1CC[C@H]2CC[C@@H](C(=O)NCc3ccccc3)N2C1=O. The first-order chi connectivity index (χ1) is 13.0. The summed E-state index contributed by atoms with van der Waals surface area (Å²) in [6.07, 6.45) is 3.39. The summed E-state index contributed by atoms with van der Waals surface area (Å²) in [7, 11) is 0. The first-order valence-corrected chi connectivity index (χ1v) is 9.71. The Morgan fingerprint density at radius 1 is 1.19 bits per heavy atom. The third-order valence-corrected chi connectivity index (χ3v) is 5.55. The minimum absolute atomic E-state index is 0.0815. The third kappa shape index (κ3) is 4.30. The van der Waals surface area contributed by atoms with Crippen LogP contribution in [0.5, 0.6) is 0 Å². The van der Waals surface area contributed by atoms with E-state index in [0.717, 1.165) is 18.4 Å². The van der Waals surface area contributed by atoms with Gasteiger partial charge in [0.25, 0.3) is 0 Å². The van der Waals surface area contributed by atoms with Crippen LogP contribution in [0.15, 0.2) is 30.3 Å². The highest BCUT2D eigenvalue weighted by atomic mass is 16.2. The fourth-order valence-electron chi connectivity index (χ4n) is 3.92. The maximum atomic E-state index is 12.9. The second kappa shape index (κ2) is 8.52. The van der Waals surface area contributed by atoms with Crippen LogP contribution in [0.1, 0.15) is 44.6 Å². The predicted molar refractivity (Wildman–Crippen MR) is 101 cm³/mol. The smallest absolute Gasteiger partial charge is 0.246 e. The standard InChI is InChI=1S/C20H28N4O3/c1-2-15(21)18(25)23-16-10-8-14-9-11-17(24(14)20(16)27)19(26)22-12-13-6-4-3-5-7-13/h3-7,14-17H,2,8-12,21H2,1H3,(H,22,26)(H,23,25)/t14-,15-,16+,17-/m0/s1. The Balaban J connectivity index is 1.62. The van der Waals surface area contributed by atoms with Crippen LogP contribution >= 0.6 is 0 Å². The normalized spacial score (nSPS) is 25.6. The van der Waals surface area contributed by atoms with Crippen molar-refractivity contribution in [3.05, 3.63) is 35.9 Å². The Bertz CT molecular complexity index is 694. The summed E-state index contributed by atoms with van der Waals surface area (Å²) in [5.74, 6) is -0.606. The fraction of sp³-hybridized carbons (Fsp3) is 0.550. The molecule has 0 aliphatic carbocycles. The molecule has 1 aromatic rings. The van der Waals surface area contributed by atoms with Gasteiger partial charge in [-0.25, -0.2) is 0 Å². The monoisotopic (exact) mass is 372 g/mol. The van der Waals surface area contributed by atoms with Gasteiger partial charge in [-0.2, -0.15) is 0 Å². The molecule has 0 saturated carbocycles. The van der Waals surface area contributed by atoms with Gasteiger partial charge in [-0.1, -0.05) is 37.3 Å². The van der Waals surface area contributed by atoms with Crippen LogP contribution in [-0.2, 0) is 20.9 Å². The average molecular weight is 372 g/mol. The number of hydrogen-bond acceptors (Lipinski definition) is 4. The van der Waals surface area contributed by atoms with E-state index in [-0.39, 0.29) is 23.8 Å². The molecule has 3 amide bonds. The zero-order valence-corrected chi connectivity index (χ0v) is 15.7. The number of benzene rings is 1. The Labute approximate surface area is 159 Å². The molecule has 2 fully saturated rings. The highest BCUT2D eigenvalue weighted by Crippen LogP contribution is 2.32. The molecule has 4 N–H and O–H groups in total. The summed E-state index contributed by atoms with van der Waals surface area (Å²) in [5, 5.41) is 5.70. The van der Waals surface area contributed by atoms with Crippen molar-refractivity contribution in [3.8, 4) is 0 Å². The van der Waals surface area contributed by atoms with E-state index in [2.05, 4.69) is 10.6 Å². The summed E-state index contributed by atoms with van der Waals surface area (Å²) in [6, 6.07) is 8.10. The maximum Gasteiger partial charge on any atom is 0.246 e. The quantitative estimate of drug-likeness (QED) is 0.683. The molecule has 7 heteroatoms. The van der Waals surface area contributed by atoms with Gasteiger partial charge in [-0.05, 0) is 37.7 Å². The van der Waals surface area contributed by atoms with Crippen molar-refractivity contribution in [1.29, 1.82) is 0 Å². The van der Waals surface area contributed by atoms with Crippen LogP contribution in [0.25, 0.3) is 0 Å². The molecule has 3 rings (SSSR count). The van der Waals surface area contributed by atoms with E-state index in [4.69, 9.17) is 5.73 Å². The van der Waals surface area contributed by atoms with Crippen molar-refractivity contribution in [3.63, 3.8) is 0 Å². The van der Waals surface area contributed by atoms with Crippen molar-refractivity contribution in [2.24, 2.45) is 5.73 Å². The lowest BCUT2D eigenvalue weighted by Crippen LogP contribution is -2.60. The van der Waals surface area contributed by atoms with Gasteiger partial charge < -0.3 is 21.3 Å². The van der Waals surface area contributed by atoms with E-state index in [1.807, 2.05) is 37.3 Å². The molecule has 2 aliphatic rings. The van der Waals surface area contributed by atoms with Crippen molar-refractivity contribution in [2.45, 2.75) is 69.7 Å². The summed E-state index contributed by atoms with van der Waals surface area (Å²) in [5.41, 5.74) is 6.77. The second-order valence-corrected chi connectivity index (χ2v) is 7.35. The molecule has 0 unspecified atom stereocenters. The number of carbonyl (C=O) groups is 3. The van der Waals surface area contributed by atoms with Crippen molar-refractivity contribution in [2.75, 3.05) is 0 Å².